The summed E-state index contributed by atoms with van der Waals surface area (Å²) >= 11 is 7.59. The van der Waals surface area contributed by atoms with Gasteiger partial charge in [0.1, 0.15) is 5.15 Å². The molecule has 0 radical (unpaired) electrons. The van der Waals surface area contributed by atoms with Crippen LogP contribution in [0.4, 0.5) is 5.13 Å². The Kier molecular flexibility index (Phi) is 3.96. The highest BCUT2D eigenvalue weighted by Crippen LogP contribution is 2.28. The molecule has 1 heterocycles. The summed E-state index contributed by atoms with van der Waals surface area (Å²) in [5.74, 6) is 0. The lowest BCUT2D eigenvalue weighted by molar-refractivity contribution is 0.734. The van der Waals surface area contributed by atoms with Crippen molar-refractivity contribution in [1.29, 1.82) is 0 Å². The van der Waals surface area contributed by atoms with Crippen molar-refractivity contribution in [3.8, 4) is 0 Å². The number of anilines is 1. The molecule has 0 atom stereocenters. The molecule has 5 heteroatoms. The van der Waals surface area contributed by atoms with Gasteiger partial charge in [-0.15, -0.1) is 0 Å². The Bertz CT molecular complexity index is 272. The van der Waals surface area contributed by atoms with Crippen molar-refractivity contribution in [1.82, 2.24) is 10.3 Å². The third-order valence-corrected chi connectivity index (χ3v) is 3.20. The van der Waals surface area contributed by atoms with E-state index in [2.05, 4.69) is 17.2 Å². The molecule has 0 amide bonds. The lowest BCUT2D eigenvalue weighted by Crippen LogP contribution is -2.10. The summed E-state index contributed by atoms with van der Waals surface area (Å²) in [4.78, 5) is 7.30. The molecule has 0 spiro atoms. The van der Waals surface area contributed by atoms with E-state index in [0.29, 0.717) is 5.15 Å². The number of nitrogens with zero attached hydrogens (tertiary/aromatic N) is 2. The van der Waals surface area contributed by atoms with E-state index in [1.165, 1.54) is 0 Å². The van der Waals surface area contributed by atoms with Crippen LogP contribution >= 0.6 is 22.9 Å². The van der Waals surface area contributed by atoms with E-state index in [9.17, 15) is 0 Å². The predicted molar refractivity (Wildman–Crippen MR) is 58.8 cm³/mol. The molecule has 13 heavy (non-hydrogen) atoms. The van der Waals surface area contributed by atoms with Gasteiger partial charge in [0, 0.05) is 20.6 Å². The summed E-state index contributed by atoms with van der Waals surface area (Å²) in [5.41, 5.74) is 0. The topological polar surface area (TPSA) is 28.2 Å². The van der Waals surface area contributed by atoms with Gasteiger partial charge in [0.15, 0.2) is 5.13 Å². The van der Waals surface area contributed by atoms with E-state index >= 15 is 0 Å². The minimum atomic E-state index is 0.620. The second-order valence-electron chi connectivity index (χ2n) is 2.89. The molecule has 0 aliphatic carbocycles. The Balaban J connectivity index is 2.71. The zero-order valence-corrected chi connectivity index (χ0v) is 9.67. The molecule has 1 aromatic rings. The van der Waals surface area contributed by atoms with Crippen molar-refractivity contribution >= 4 is 28.1 Å². The molecular weight excluding hydrogens is 206 g/mol. The van der Waals surface area contributed by atoms with Crippen molar-refractivity contribution < 1.29 is 0 Å². The Morgan fingerprint density at radius 1 is 1.54 bits per heavy atom. The third kappa shape index (κ3) is 2.83. The molecule has 0 saturated carbocycles. The van der Waals surface area contributed by atoms with Gasteiger partial charge in [-0.05, 0) is 6.54 Å². The van der Waals surface area contributed by atoms with Gasteiger partial charge in [-0.25, -0.2) is 4.98 Å². The van der Waals surface area contributed by atoms with Gasteiger partial charge in [0.25, 0.3) is 0 Å². The van der Waals surface area contributed by atoms with Gasteiger partial charge in [-0.1, -0.05) is 29.9 Å². The smallest absolute Gasteiger partial charge is 0.186 e. The standard InChI is InChI=1S/C8H14ClN3S/c1-4-10-5-6-7(9)11-8(13-6)12(2)3/h10H,4-5H2,1-3H3. The van der Waals surface area contributed by atoms with Crippen molar-refractivity contribution in [3.05, 3.63) is 10.0 Å². The largest absolute Gasteiger partial charge is 0.354 e. The highest BCUT2D eigenvalue weighted by molar-refractivity contribution is 7.16. The fraction of sp³-hybridized carbons (Fsp3) is 0.625. The molecule has 3 nitrogen and oxygen atoms in total. The summed E-state index contributed by atoms with van der Waals surface area (Å²) in [6.45, 7) is 3.83. The molecule has 0 aliphatic heterocycles. The van der Waals surface area contributed by atoms with Crippen LogP contribution in [0.5, 0.6) is 0 Å². The predicted octanol–water partition coefficient (Wildman–Crippen LogP) is 1.97. The summed E-state index contributed by atoms with van der Waals surface area (Å²) < 4.78 is 0. The second-order valence-corrected chi connectivity index (χ2v) is 4.31. The number of rotatable bonds is 4. The third-order valence-electron chi connectivity index (χ3n) is 1.56. The molecular formula is C8H14ClN3S. The molecule has 0 fully saturated rings. The molecule has 0 saturated heterocycles. The fourth-order valence-corrected chi connectivity index (χ4v) is 2.02. The zero-order valence-electron chi connectivity index (χ0n) is 8.09. The highest BCUT2D eigenvalue weighted by atomic mass is 35.5. The molecule has 0 unspecified atom stereocenters. The first-order valence-corrected chi connectivity index (χ1v) is 5.37. The summed E-state index contributed by atoms with van der Waals surface area (Å²) in [6, 6.07) is 0. The maximum absolute atomic E-state index is 5.96. The first kappa shape index (κ1) is 10.8. The van der Waals surface area contributed by atoms with Crippen LogP contribution in [0.3, 0.4) is 0 Å². The molecule has 0 aromatic carbocycles. The number of hydrogen-bond acceptors (Lipinski definition) is 4. The van der Waals surface area contributed by atoms with Gasteiger partial charge in [-0.3, -0.25) is 0 Å². The number of hydrogen-bond donors (Lipinski definition) is 1. The van der Waals surface area contributed by atoms with E-state index in [0.717, 1.165) is 23.1 Å². The van der Waals surface area contributed by atoms with Crippen LogP contribution in [0.1, 0.15) is 11.8 Å². The van der Waals surface area contributed by atoms with Crippen molar-refractivity contribution in [3.63, 3.8) is 0 Å². The van der Waals surface area contributed by atoms with Gasteiger partial charge < -0.3 is 10.2 Å². The number of nitrogens with one attached hydrogen (secondary N) is 1. The minimum Gasteiger partial charge on any atom is -0.354 e. The van der Waals surface area contributed by atoms with Crippen LogP contribution in [0.2, 0.25) is 5.15 Å². The molecule has 1 N–H and O–H groups in total. The molecule has 74 valence electrons. The van der Waals surface area contributed by atoms with Gasteiger partial charge in [0.2, 0.25) is 0 Å². The Morgan fingerprint density at radius 3 is 2.69 bits per heavy atom. The van der Waals surface area contributed by atoms with Crippen LogP contribution in [-0.2, 0) is 6.54 Å². The molecule has 1 aromatic heterocycles. The Labute approximate surface area is 87.7 Å². The van der Waals surface area contributed by atoms with Crippen LogP contribution in [0.25, 0.3) is 0 Å². The summed E-state index contributed by atoms with van der Waals surface area (Å²) in [5, 5.41) is 4.80. The Morgan fingerprint density at radius 2 is 2.23 bits per heavy atom. The molecule has 1 rings (SSSR count). The maximum atomic E-state index is 5.96. The molecule has 0 aliphatic rings. The normalized spacial score (nSPS) is 10.5. The fourth-order valence-electron chi connectivity index (χ4n) is 0.860. The average Bonchev–Trinajstić information content (AvgIpc) is 2.44. The van der Waals surface area contributed by atoms with Crippen LogP contribution in [0.15, 0.2) is 0 Å². The molecule has 0 bridgehead atoms. The number of halogens is 1. The van der Waals surface area contributed by atoms with E-state index in [1.54, 1.807) is 11.3 Å². The zero-order chi connectivity index (χ0) is 9.84. The Hall–Kier alpha value is -0.320. The van der Waals surface area contributed by atoms with Crippen LogP contribution < -0.4 is 10.2 Å². The second kappa shape index (κ2) is 4.79. The van der Waals surface area contributed by atoms with E-state index < -0.39 is 0 Å². The lowest BCUT2D eigenvalue weighted by Gasteiger charge is -2.05. The van der Waals surface area contributed by atoms with Crippen LogP contribution in [0, 0.1) is 0 Å². The lowest BCUT2D eigenvalue weighted by atomic mass is 10.5. The quantitative estimate of drug-likeness (QED) is 0.840. The summed E-state index contributed by atoms with van der Waals surface area (Å²) in [7, 11) is 3.93. The van der Waals surface area contributed by atoms with Crippen molar-refractivity contribution in [2.45, 2.75) is 13.5 Å². The van der Waals surface area contributed by atoms with E-state index in [1.807, 2.05) is 19.0 Å². The first-order chi connectivity index (χ1) is 6.15. The van der Waals surface area contributed by atoms with Gasteiger partial charge in [0.05, 0.1) is 4.88 Å². The van der Waals surface area contributed by atoms with E-state index in [4.69, 9.17) is 11.6 Å². The SMILES string of the molecule is CCNCc1sc(N(C)C)nc1Cl. The number of thiazole rings is 1. The number of aromatic nitrogens is 1. The average molecular weight is 220 g/mol. The van der Waals surface area contributed by atoms with Crippen molar-refractivity contribution in [2.75, 3.05) is 25.5 Å². The van der Waals surface area contributed by atoms with Crippen LogP contribution in [-0.4, -0.2) is 25.6 Å². The van der Waals surface area contributed by atoms with Gasteiger partial charge >= 0.3 is 0 Å². The van der Waals surface area contributed by atoms with Crippen molar-refractivity contribution in [2.24, 2.45) is 0 Å². The minimum absolute atomic E-state index is 0.620. The maximum Gasteiger partial charge on any atom is 0.186 e. The highest BCUT2D eigenvalue weighted by Gasteiger charge is 2.09. The monoisotopic (exact) mass is 219 g/mol. The van der Waals surface area contributed by atoms with Gasteiger partial charge in [-0.2, -0.15) is 0 Å². The van der Waals surface area contributed by atoms with E-state index in [-0.39, 0.29) is 0 Å². The first-order valence-electron chi connectivity index (χ1n) is 4.18. The summed E-state index contributed by atoms with van der Waals surface area (Å²) in [6.07, 6.45) is 0.